The van der Waals surface area contributed by atoms with E-state index in [0.717, 1.165) is 19.4 Å². The van der Waals surface area contributed by atoms with Gasteiger partial charge >= 0.3 is 0 Å². The number of phenolic OH excluding ortho intramolecular Hbond substituents is 1. The molecule has 2 aromatic rings. The summed E-state index contributed by atoms with van der Waals surface area (Å²) in [6.07, 6.45) is 1.72. The summed E-state index contributed by atoms with van der Waals surface area (Å²) in [5, 5.41) is 24.4. The summed E-state index contributed by atoms with van der Waals surface area (Å²) in [5.41, 5.74) is 0.877. The second-order valence-electron chi connectivity index (χ2n) is 5.32. The topological polar surface area (TPSA) is 52.5 Å². The number of thiophene rings is 1. The maximum absolute atomic E-state index is 9.64. The van der Waals surface area contributed by atoms with Crippen LogP contribution in [-0.2, 0) is 13.0 Å². The summed E-state index contributed by atoms with van der Waals surface area (Å²) in [4.78, 5) is 1.27. The maximum atomic E-state index is 9.64. The molecular formula is C16H21NO2S. The highest BCUT2D eigenvalue weighted by Crippen LogP contribution is 2.18. The number of hydrogen-bond donors (Lipinski definition) is 3. The van der Waals surface area contributed by atoms with Crippen molar-refractivity contribution in [1.82, 2.24) is 5.32 Å². The van der Waals surface area contributed by atoms with Crippen LogP contribution >= 0.6 is 11.3 Å². The minimum absolute atomic E-state index is 0.108. The molecular weight excluding hydrogens is 270 g/mol. The molecule has 1 aromatic carbocycles. The average Bonchev–Trinajstić information content (AvgIpc) is 2.98. The molecule has 3 nitrogen and oxygen atoms in total. The zero-order chi connectivity index (χ0) is 14.4. The number of aliphatic hydroxyl groups excluding tert-OH is 1. The van der Waals surface area contributed by atoms with E-state index in [0.29, 0.717) is 0 Å². The van der Waals surface area contributed by atoms with Crippen LogP contribution in [-0.4, -0.2) is 22.4 Å². The smallest absolute Gasteiger partial charge is 0.115 e. The Kier molecular flexibility index (Phi) is 5.17. The third kappa shape index (κ3) is 4.34. The van der Waals surface area contributed by atoms with E-state index in [1.165, 1.54) is 10.4 Å². The number of hydrogen-bond acceptors (Lipinski definition) is 4. The third-order valence-electron chi connectivity index (χ3n) is 3.52. The van der Waals surface area contributed by atoms with Crippen LogP contribution < -0.4 is 5.32 Å². The van der Waals surface area contributed by atoms with Gasteiger partial charge in [-0.15, -0.1) is 11.3 Å². The van der Waals surface area contributed by atoms with Crippen molar-refractivity contribution in [2.45, 2.75) is 31.8 Å². The van der Waals surface area contributed by atoms with Crippen LogP contribution in [0.4, 0.5) is 0 Å². The van der Waals surface area contributed by atoms with Crippen LogP contribution in [0.5, 0.6) is 5.75 Å². The van der Waals surface area contributed by atoms with Crippen LogP contribution in [0.1, 0.15) is 23.8 Å². The lowest BCUT2D eigenvalue weighted by Crippen LogP contribution is -2.45. The van der Waals surface area contributed by atoms with E-state index in [1.54, 1.807) is 23.5 Å². The Balaban J connectivity index is 1.88. The molecule has 20 heavy (non-hydrogen) atoms. The number of aryl methyl sites for hydroxylation is 1. The van der Waals surface area contributed by atoms with Crippen molar-refractivity contribution in [3.05, 3.63) is 52.2 Å². The highest BCUT2D eigenvalue weighted by Gasteiger charge is 2.22. The minimum Gasteiger partial charge on any atom is -0.508 e. The molecule has 1 aromatic heterocycles. The second kappa shape index (κ2) is 6.88. The first-order valence-corrected chi connectivity index (χ1v) is 7.65. The summed E-state index contributed by atoms with van der Waals surface area (Å²) in [6, 6.07) is 11.4. The van der Waals surface area contributed by atoms with Gasteiger partial charge in [0.05, 0.1) is 6.61 Å². The zero-order valence-electron chi connectivity index (χ0n) is 11.7. The maximum Gasteiger partial charge on any atom is 0.115 e. The van der Waals surface area contributed by atoms with Crippen molar-refractivity contribution in [1.29, 1.82) is 0 Å². The molecule has 0 amide bonds. The molecule has 0 bridgehead atoms. The zero-order valence-corrected chi connectivity index (χ0v) is 12.5. The molecule has 0 radical (unpaired) electrons. The Morgan fingerprint density at radius 1 is 1.20 bits per heavy atom. The van der Waals surface area contributed by atoms with E-state index in [4.69, 9.17) is 0 Å². The molecule has 1 unspecified atom stereocenters. The molecule has 0 aliphatic rings. The fraction of sp³-hybridized carbons (Fsp3) is 0.375. The van der Waals surface area contributed by atoms with Crippen molar-refractivity contribution in [2.24, 2.45) is 0 Å². The first-order valence-electron chi connectivity index (χ1n) is 6.77. The van der Waals surface area contributed by atoms with Gasteiger partial charge in [0.2, 0.25) is 0 Å². The Hall–Kier alpha value is -1.36. The van der Waals surface area contributed by atoms with Crippen LogP contribution in [0.3, 0.4) is 0 Å². The lowest BCUT2D eigenvalue weighted by Gasteiger charge is -2.29. The molecule has 1 atom stereocenters. The second-order valence-corrected chi connectivity index (χ2v) is 6.35. The van der Waals surface area contributed by atoms with Gasteiger partial charge in [-0.1, -0.05) is 18.2 Å². The highest BCUT2D eigenvalue weighted by atomic mass is 32.1. The van der Waals surface area contributed by atoms with E-state index in [9.17, 15) is 10.2 Å². The van der Waals surface area contributed by atoms with Gasteiger partial charge in [0, 0.05) is 17.0 Å². The number of nitrogens with one attached hydrogen (secondary N) is 1. The molecule has 3 N–H and O–H groups in total. The van der Waals surface area contributed by atoms with Gasteiger partial charge < -0.3 is 15.5 Å². The Morgan fingerprint density at radius 2 is 1.95 bits per heavy atom. The predicted octanol–water partition coefficient (Wildman–Crippen LogP) is 2.93. The minimum atomic E-state index is -0.290. The number of aliphatic hydroxyl groups is 1. The normalized spacial score (nSPS) is 14.1. The number of rotatable bonds is 7. The summed E-state index contributed by atoms with van der Waals surface area (Å²) in [7, 11) is 0. The third-order valence-corrected chi connectivity index (χ3v) is 4.40. The van der Waals surface area contributed by atoms with E-state index in [2.05, 4.69) is 16.8 Å². The largest absolute Gasteiger partial charge is 0.508 e. The van der Waals surface area contributed by atoms with Crippen molar-refractivity contribution in [2.75, 3.05) is 6.61 Å². The SMILES string of the molecule is CC(CO)(CCc1ccc(O)cc1)NCc1cccs1. The Labute approximate surface area is 123 Å². The summed E-state index contributed by atoms with van der Waals surface area (Å²) < 4.78 is 0. The molecule has 0 fully saturated rings. The van der Waals surface area contributed by atoms with Crippen molar-refractivity contribution < 1.29 is 10.2 Å². The van der Waals surface area contributed by atoms with Crippen molar-refractivity contribution in [3.8, 4) is 5.75 Å². The fourth-order valence-electron chi connectivity index (χ4n) is 2.02. The molecule has 2 rings (SSSR count). The fourth-order valence-corrected chi connectivity index (χ4v) is 2.66. The number of aromatic hydroxyl groups is 1. The van der Waals surface area contributed by atoms with Crippen molar-refractivity contribution >= 4 is 11.3 Å². The van der Waals surface area contributed by atoms with Gasteiger partial charge in [-0.25, -0.2) is 0 Å². The van der Waals surface area contributed by atoms with Gasteiger partial charge in [0.25, 0.3) is 0 Å². The monoisotopic (exact) mass is 291 g/mol. The summed E-state index contributed by atoms with van der Waals surface area (Å²) in [5.74, 6) is 0.287. The average molecular weight is 291 g/mol. The molecule has 0 aliphatic heterocycles. The Bertz CT molecular complexity index is 510. The molecule has 0 saturated carbocycles. The summed E-state index contributed by atoms with van der Waals surface area (Å²) in [6.45, 7) is 2.93. The van der Waals surface area contributed by atoms with Crippen LogP contribution in [0, 0.1) is 0 Å². The standard InChI is InChI=1S/C16H21NO2S/c1-16(12-18,17-11-15-3-2-10-20-15)9-8-13-4-6-14(19)7-5-13/h2-7,10,17-19H,8-9,11-12H2,1H3. The first-order chi connectivity index (χ1) is 9.61. The van der Waals surface area contributed by atoms with Crippen LogP contribution in [0.15, 0.2) is 41.8 Å². The molecule has 108 valence electrons. The lowest BCUT2D eigenvalue weighted by atomic mass is 9.94. The molecule has 4 heteroatoms. The van der Waals surface area contributed by atoms with E-state index in [1.807, 2.05) is 25.1 Å². The van der Waals surface area contributed by atoms with E-state index < -0.39 is 0 Å². The van der Waals surface area contributed by atoms with Crippen LogP contribution in [0.25, 0.3) is 0 Å². The molecule has 0 saturated heterocycles. The number of benzene rings is 1. The van der Waals surface area contributed by atoms with Crippen molar-refractivity contribution in [3.63, 3.8) is 0 Å². The summed E-state index contributed by atoms with van der Waals surface area (Å²) >= 11 is 1.72. The Morgan fingerprint density at radius 3 is 2.55 bits per heavy atom. The van der Waals surface area contributed by atoms with Gasteiger partial charge in [-0.05, 0) is 48.9 Å². The number of phenols is 1. The van der Waals surface area contributed by atoms with Gasteiger partial charge in [-0.3, -0.25) is 0 Å². The molecule has 0 spiro atoms. The van der Waals surface area contributed by atoms with E-state index in [-0.39, 0.29) is 17.9 Å². The molecule has 1 heterocycles. The van der Waals surface area contributed by atoms with Gasteiger partial charge in [-0.2, -0.15) is 0 Å². The van der Waals surface area contributed by atoms with Gasteiger partial charge in [0.1, 0.15) is 5.75 Å². The highest BCUT2D eigenvalue weighted by molar-refractivity contribution is 7.09. The first kappa shape index (κ1) is 15.0. The quantitative estimate of drug-likeness (QED) is 0.735. The van der Waals surface area contributed by atoms with Crippen LogP contribution in [0.2, 0.25) is 0 Å². The van der Waals surface area contributed by atoms with Gasteiger partial charge in [0.15, 0.2) is 0 Å². The molecule has 0 aliphatic carbocycles. The predicted molar refractivity (Wildman–Crippen MR) is 83.1 cm³/mol. The lowest BCUT2D eigenvalue weighted by molar-refractivity contribution is 0.165. The van der Waals surface area contributed by atoms with E-state index >= 15 is 0 Å².